The van der Waals surface area contributed by atoms with Gasteiger partial charge in [-0.1, -0.05) is 6.92 Å². The van der Waals surface area contributed by atoms with Gasteiger partial charge in [-0.2, -0.15) is 11.8 Å². The molecule has 1 atom stereocenters. The Hall–Kier alpha value is -0.380. The third-order valence-corrected chi connectivity index (χ3v) is 2.61. The van der Waals surface area contributed by atoms with Crippen LogP contribution in [0, 0.1) is 0 Å². The number of hydrogen-bond acceptors (Lipinski definition) is 2. The summed E-state index contributed by atoms with van der Waals surface area (Å²) in [7, 11) is 3.51. The number of hydrogen-bond donors (Lipinski definition) is 1. The molecule has 4 heteroatoms. The molecular formula is C9H20N2OS. The van der Waals surface area contributed by atoms with Gasteiger partial charge in [0, 0.05) is 20.1 Å². The first-order chi connectivity index (χ1) is 6.07. The van der Waals surface area contributed by atoms with E-state index < -0.39 is 0 Å². The number of nitrogens with one attached hydrogen (secondary N) is 1. The van der Waals surface area contributed by atoms with Crippen LogP contribution in [0.4, 0.5) is 4.79 Å². The lowest BCUT2D eigenvalue weighted by Crippen LogP contribution is -2.40. The number of amides is 2. The summed E-state index contributed by atoms with van der Waals surface area (Å²) < 4.78 is 0. The van der Waals surface area contributed by atoms with Gasteiger partial charge in [-0.05, 0) is 24.9 Å². The standard InChI is InChI=1S/C9H20N2OS/c1-5-13-7-6-8(2)10-9(12)11(3)4/h8H,5-7H2,1-4H3,(H,10,12). The predicted molar refractivity (Wildman–Crippen MR) is 59.3 cm³/mol. The van der Waals surface area contributed by atoms with Gasteiger partial charge in [-0.3, -0.25) is 0 Å². The maximum atomic E-state index is 11.2. The first kappa shape index (κ1) is 12.6. The van der Waals surface area contributed by atoms with Crippen LogP contribution in [-0.4, -0.2) is 42.6 Å². The summed E-state index contributed by atoms with van der Waals surface area (Å²) in [6, 6.07) is 0.267. The minimum absolute atomic E-state index is 0.00556. The van der Waals surface area contributed by atoms with E-state index in [1.54, 1.807) is 19.0 Å². The van der Waals surface area contributed by atoms with Crippen LogP contribution < -0.4 is 5.32 Å². The Labute approximate surface area is 85.3 Å². The van der Waals surface area contributed by atoms with E-state index in [-0.39, 0.29) is 12.1 Å². The Morgan fingerprint density at radius 1 is 1.54 bits per heavy atom. The molecule has 0 saturated heterocycles. The number of nitrogens with zero attached hydrogens (tertiary/aromatic N) is 1. The number of urea groups is 1. The van der Waals surface area contributed by atoms with Crippen molar-refractivity contribution in [3.63, 3.8) is 0 Å². The second-order valence-corrected chi connectivity index (χ2v) is 4.62. The van der Waals surface area contributed by atoms with Crippen LogP contribution in [0.1, 0.15) is 20.3 Å². The molecule has 13 heavy (non-hydrogen) atoms. The molecule has 0 fully saturated rings. The van der Waals surface area contributed by atoms with E-state index in [2.05, 4.69) is 12.2 Å². The molecule has 0 aromatic heterocycles. The molecule has 0 spiro atoms. The fraction of sp³-hybridized carbons (Fsp3) is 0.889. The first-order valence-corrected chi connectivity index (χ1v) is 5.79. The highest BCUT2D eigenvalue weighted by Gasteiger charge is 2.07. The number of thioether (sulfide) groups is 1. The van der Waals surface area contributed by atoms with Crippen LogP contribution in [0.25, 0.3) is 0 Å². The summed E-state index contributed by atoms with van der Waals surface area (Å²) >= 11 is 1.91. The topological polar surface area (TPSA) is 32.3 Å². The van der Waals surface area contributed by atoms with Crippen molar-refractivity contribution in [2.45, 2.75) is 26.3 Å². The zero-order chi connectivity index (χ0) is 10.3. The normalized spacial score (nSPS) is 12.3. The predicted octanol–water partition coefficient (Wildman–Crippen LogP) is 1.79. The van der Waals surface area contributed by atoms with Gasteiger partial charge >= 0.3 is 6.03 Å². The van der Waals surface area contributed by atoms with Crippen molar-refractivity contribution in [2.75, 3.05) is 25.6 Å². The van der Waals surface area contributed by atoms with Crippen LogP contribution in [-0.2, 0) is 0 Å². The Morgan fingerprint density at radius 3 is 2.62 bits per heavy atom. The second kappa shape index (κ2) is 7.06. The fourth-order valence-corrected chi connectivity index (χ4v) is 1.63. The first-order valence-electron chi connectivity index (χ1n) is 4.63. The van der Waals surface area contributed by atoms with E-state index in [9.17, 15) is 4.79 Å². The lowest BCUT2D eigenvalue weighted by atomic mass is 10.3. The quantitative estimate of drug-likeness (QED) is 0.692. The molecule has 2 amide bonds. The van der Waals surface area contributed by atoms with E-state index in [4.69, 9.17) is 0 Å². The zero-order valence-electron chi connectivity index (χ0n) is 8.96. The van der Waals surface area contributed by atoms with E-state index in [0.29, 0.717) is 0 Å². The van der Waals surface area contributed by atoms with Gasteiger partial charge in [0.1, 0.15) is 0 Å². The molecule has 0 saturated carbocycles. The van der Waals surface area contributed by atoms with Gasteiger partial charge in [0.05, 0.1) is 0 Å². The molecule has 0 aliphatic carbocycles. The van der Waals surface area contributed by atoms with Crippen molar-refractivity contribution in [3.8, 4) is 0 Å². The highest BCUT2D eigenvalue weighted by atomic mass is 32.2. The summed E-state index contributed by atoms with van der Waals surface area (Å²) in [4.78, 5) is 12.8. The fourth-order valence-electron chi connectivity index (χ4n) is 0.817. The molecule has 3 nitrogen and oxygen atoms in total. The van der Waals surface area contributed by atoms with Gasteiger partial charge in [0.2, 0.25) is 0 Å². The third-order valence-electron chi connectivity index (χ3n) is 1.68. The molecule has 78 valence electrons. The van der Waals surface area contributed by atoms with Gasteiger partial charge in [-0.25, -0.2) is 4.79 Å². The highest BCUT2D eigenvalue weighted by Crippen LogP contribution is 2.03. The summed E-state index contributed by atoms with van der Waals surface area (Å²) in [5.74, 6) is 2.26. The van der Waals surface area contributed by atoms with Gasteiger partial charge < -0.3 is 10.2 Å². The monoisotopic (exact) mass is 204 g/mol. The summed E-state index contributed by atoms with van der Waals surface area (Å²) in [6.45, 7) is 4.19. The maximum absolute atomic E-state index is 11.2. The molecule has 0 radical (unpaired) electrons. The van der Waals surface area contributed by atoms with Gasteiger partial charge in [-0.15, -0.1) is 0 Å². The summed E-state index contributed by atoms with van der Waals surface area (Å²) in [5.41, 5.74) is 0. The molecule has 0 bridgehead atoms. The Morgan fingerprint density at radius 2 is 2.15 bits per heavy atom. The molecule has 0 aromatic rings. The summed E-state index contributed by atoms with van der Waals surface area (Å²) in [5, 5.41) is 2.91. The molecule has 1 unspecified atom stereocenters. The molecule has 0 rings (SSSR count). The average molecular weight is 204 g/mol. The van der Waals surface area contributed by atoms with Crippen LogP contribution in [0.15, 0.2) is 0 Å². The molecule has 0 aliphatic heterocycles. The minimum atomic E-state index is -0.00556. The Bertz CT molecular complexity index is 151. The largest absolute Gasteiger partial charge is 0.336 e. The van der Waals surface area contributed by atoms with E-state index in [0.717, 1.165) is 17.9 Å². The molecule has 0 aromatic carbocycles. The smallest absolute Gasteiger partial charge is 0.317 e. The minimum Gasteiger partial charge on any atom is -0.336 e. The number of carbonyl (C=O) groups excluding carboxylic acids is 1. The van der Waals surface area contributed by atoms with Crippen molar-refractivity contribution in [1.82, 2.24) is 10.2 Å². The van der Waals surface area contributed by atoms with E-state index in [1.165, 1.54) is 0 Å². The van der Waals surface area contributed by atoms with Crippen LogP contribution >= 0.6 is 11.8 Å². The second-order valence-electron chi connectivity index (χ2n) is 3.23. The SMILES string of the molecule is CCSCCC(C)NC(=O)N(C)C. The lowest BCUT2D eigenvalue weighted by Gasteiger charge is -2.17. The van der Waals surface area contributed by atoms with Crippen molar-refractivity contribution in [3.05, 3.63) is 0 Å². The van der Waals surface area contributed by atoms with E-state index >= 15 is 0 Å². The molecule has 0 aliphatic rings. The van der Waals surface area contributed by atoms with Gasteiger partial charge in [0.15, 0.2) is 0 Å². The zero-order valence-corrected chi connectivity index (χ0v) is 9.78. The summed E-state index contributed by atoms with van der Waals surface area (Å²) in [6.07, 6.45) is 1.04. The van der Waals surface area contributed by atoms with Crippen molar-refractivity contribution < 1.29 is 4.79 Å². The van der Waals surface area contributed by atoms with Crippen molar-refractivity contribution >= 4 is 17.8 Å². The Balaban J connectivity index is 3.50. The maximum Gasteiger partial charge on any atom is 0.317 e. The van der Waals surface area contributed by atoms with Crippen LogP contribution in [0.3, 0.4) is 0 Å². The molecular weight excluding hydrogens is 184 g/mol. The Kier molecular flexibility index (Phi) is 6.86. The van der Waals surface area contributed by atoms with E-state index in [1.807, 2.05) is 18.7 Å². The molecule has 1 N–H and O–H groups in total. The molecule has 0 heterocycles. The van der Waals surface area contributed by atoms with Crippen molar-refractivity contribution in [1.29, 1.82) is 0 Å². The average Bonchev–Trinajstić information content (AvgIpc) is 2.04. The third kappa shape index (κ3) is 6.75. The van der Waals surface area contributed by atoms with Crippen LogP contribution in [0.2, 0.25) is 0 Å². The number of carbonyl (C=O) groups is 1. The number of rotatable bonds is 5. The van der Waals surface area contributed by atoms with Gasteiger partial charge in [0.25, 0.3) is 0 Å². The van der Waals surface area contributed by atoms with Crippen molar-refractivity contribution in [2.24, 2.45) is 0 Å². The van der Waals surface area contributed by atoms with Crippen LogP contribution in [0.5, 0.6) is 0 Å². The lowest BCUT2D eigenvalue weighted by molar-refractivity contribution is 0.214. The highest BCUT2D eigenvalue weighted by molar-refractivity contribution is 7.99.